The first-order chi connectivity index (χ1) is 11.1. The maximum atomic E-state index is 10.2. The van der Waals surface area contributed by atoms with E-state index in [2.05, 4.69) is 27.0 Å². The Morgan fingerprint density at radius 2 is 2.17 bits per heavy atom. The van der Waals surface area contributed by atoms with Crippen LogP contribution in [0.2, 0.25) is 0 Å². The molecule has 116 valence electrons. The molecule has 0 saturated heterocycles. The van der Waals surface area contributed by atoms with Crippen molar-refractivity contribution in [3.63, 3.8) is 0 Å². The lowest BCUT2D eigenvalue weighted by Gasteiger charge is -2.21. The molecule has 0 saturated carbocycles. The molecular formula is C16H15N5O2. The van der Waals surface area contributed by atoms with E-state index in [1.807, 2.05) is 24.3 Å². The molecule has 0 N–H and O–H groups in total. The van der Waals surface area contributed by atoms with Crippen molar-refractivity contribution in [2.75, 3.05) is 13.6 Å². The summed E-state index contributed by atoms with van der Waals surface area (Å²) in [4.78, 5) is 22.0. The summed E-state index contributed by atoms with van der Waals surface area (Å²) < 4.78 is 5.78. The van der Waals surface area contributed by atoms with Gasteiger partial charge >= 0.3 is 0 Å². The molecule has 7 nitrogen and oxygen atoms in total. The number of aromatic nitrogens is 2. The van der Waals surface area contributed by atoms with Crippen molar-refractivity contribution in [3.05, 3.63) is 42.4 Å². The van der Waals surface area contributed by atoms with E-state index in [1.165, 1.54) is 12.3 Å². The molecule has 7 heteroatoms. The molecule has 0 bridgehead atoms. The molecule has 0 aliphatic carbocycles. The zero-order chi connectivity index (χ0) is 16.3. The van der Waals surface area contributed by atoms with Crippen LogP contribution in [0.1, 0.15) is 12.6 Å². The highest BCUT2D eigenvalue weighted by Crippen LogP contribution is 2.29. The molecule has 2 aromatic heterocycles. The third-order valence-electron chi connectivity index (χ3n) is 3.53. The fourth-order valence-corrected chi connectivity index (χ4v) is 2.40. The van der Waals surface area contributed by atoms with Crippen LogP contribution in [0.25, 0.3) is 0 Å². The van der Waals surface area contributed by atoms with E-state index in [4.69, 9.17) is 4.74 Å². The molecule has 1 unspecified atom stereocenters. The second kappa shape index (κ2) is 5.98. The van der Waals surface area contributed by atoms with Gasteiger partial charge in [0.05, 0.1) is 23.9 Å². The van der Waals surface area contributed by atoms with Gasteiger partial charge in [-0.1, -0.05) is 0 Å². The van der Waals surface area contributed by atoms with Gasteiger partial charge in [0, 0.05) is 25.5 Å². The normalized spacial score (nSPS) is 19.5. The van der Waals surface area contributed by atoms with Gasteiger partial charge in [-0.2, -0.15) is 5.10 Å². The summed E-state index contributed by atoms with van der Waals surface area (Å²) in [6.07, 6.45) is 6.55. The van der Waals surface area contributed by atoms with Crippen LogP contribution >= 0.6 is 0 Å². The molecular weight excluding hydrogens is 294 g/mol. The lowest BCUT2D eigenvalue weighted by atomic mass is 9.88. The maximum Gasteiger partial charge on any atom is 0.242 e. The summed E-state index contributed by atoms with van der Waals surface area (Å²) in [7, 11) is 1.93. The molecule has 0 radical (unpaired) electrons. The highest BCUT2D eigenvalue weighted by molar-refractivity contribution is 5.74. The van der Waals surface area contributed by atoms with Crippen LogP contribution in [0, 0.1) is 0 Å². The average Bonchev–Trinajstić information content (AvgIpc) is 2.90. The Morgan fingerprint density at radius 1 is 1.30 bits per heavy atom. The number of hydrogen-bond acceptors (Lipinski definition) is 7. The molecule has 0 amide bonds. The fourth-order valence-electron chi connectivity index (χ4n) is 2.40. The van der Waals surface area contributed by atoms with Crippen molar-refractivity contribution in [3.8, 4) is 11.5 Å². The number of hydrazone groups is 1. The number of rotatable bonds is 4. The molecule has 3 heterocycles. The van der Waals surface area contributed by atoms with Gasteiger partial charge in [-0.25, -0.2) is 9.78 Å². The van der Waals surface area contributed by atoms with Gasteiger partial charge in [0.2, 0.25) is 6.08 Å². The van der Waals surface area contributed by atoms with E-state index in [-0.39, 0.29) is 5.41 Å². The van der Waals surface area contributed by atoms with E-state index >= 15 is 0 Å². The molecule has 23 heavy (non-hydrogen) atoms. The second-order valence-corrected chi connectivity index (χ2v) is 5.51. The molecule has 1 aliphatic heterocycles. The number of carbonyl (C=O) groups excluding carboxylic acids is 1. The number of pyridine rings is 2. The zero-order valence-electron chi connectivity index (χ0n) is 12.8. The first-order valence-corrected chi connectivity index (χ1v) is 7.04. The monoisotopic (exact) mass is 309 g/mol. The van der Waals surface area contributed by atoms with Gasteiger partial charge in [0.15, 0.2) is 5.82 Å². The van der Waals surface area contributed by atoms with Crippen molar-refractivity contribution < 1.29 is 9.53 Å². The minimum Gasteiger partial charge on any atom is -0.456 e. The number of likely N-dealkylation sites (N-methyl/N-ethyl adjacent to an activating group) is 1. The minimum atomic E-state index is -0.241. The molecule has 1 aliphatic rings. The van der Waals surface area contributed by atoms with E-state index in [9.17, 15) is 4.79 Å². The van der Waals surface area contributed by atoms with Crippen LogP contribution in [-0.2, 0) is 10.2 Å². The summed E-state index contributed by atoms with van der Waals surface area (Å²) >= 11 is 0. The Balaban J connectivity index is 1.80. The summed E-state index contributed by atoms with van der Waals surface area (Å²) in [6.45, 7) is 2.85. The number of hydrogen-bond donors (Lipinski definition) is 0. The van der Waals surface area contributed by atoms with E-state index in [0.29, 0.717) is 17.3 Å². The van der Waals surface area contributed by atoms with Crippen LogP contribution in [0.4, 0.5) is 5.82 Å². The Kier molecular flexibility index (Phi) is 3.87. The van der Waals surface area contributed by atoms with Gasteiger partial charge in [-0.3, -0.25) is 9.99 Å². The first-order valence-electron chi connectivity index (χ1n) is 7.04. The smallest absolute Gasteiger partial charge is 0.242 e. The predicted molar refractivity (Wildman–Crippen MR) is 84.8 cm³/mol. The number of ether oxygens (including phenoxy) is 1. The Hall–Kier alpha value is -3.05. The highest BCUT2D eigenvalue weighted by atomic mass is 16.5. The van der Waals surface area contributed by atoms with Gasteiger partial charge < -0.3 is 4.74 Å². The van der Waals surface area contributed by atoms with Gasteiger partial charge in [-0.05, 0) is 25.1 Å². The standard InChI is InChI=1S/C16H15N5O2/c1-16(9-20-21(2)10-16)14-7-12(5-6-17-14)23-13-3-4-15(18-8-13)19-11-22/h3-9H,10H2,1-2H3. The highest BCUT2D eigenvalue weighted by Gasteiger charge is 2.32. The van der Waals surface area contributed by atoms with Gasteiger partial charge in [-0.15, -0.1) is 4.99 Å². The van der Waals surface area contributed by atoms with Crippen LogP contribution < -0.4 is 4.74 Å². The first kappa shape index (κ1) is 14.9. The fraction of sp³-hybridized carbons (Fsp3) is 0.250. The third kappa shape index (κ3) is 3.25. The molecule has 0 spiro atoms. The van der Waals surface area contributed by atoms with E-state index in [0.717, 1.165) is 12.2 Å². The zero-order valence-corrected chi connectivity index (χ0v) is 12.8. The molecule has 3 rings (SSSR count). The van der Waals surface area contributed by atoms with Crippen LogP contribution in [-0.4, -0.2) is 40.9 Å². The van der Waals surface area contributed by atoms with Crippen LogP contribution in [0.15, 0.2) is 46.8 Å². The topological polar surface area (TPSA) is 80.0 Å². The molecule has 0 fully saturated rings. The van der Waals surface area contributed by atoms with Crippen molar-refractivity contribution in [1.82, 2.24) is 15.0 Å². The number of aliphatic imine (C=N–C) groups is 1. The Morgan fingerprint density at radius 3 is 2.83 bits per heavy atom. The largest absolute Gasteiger partial charge is 0.456 e. The Bertz CT molecular complexity index is 783. The van der Waals surface area contributed by atoms with E-state index < -0.39 is 0 Å². The Labute approximate surface area is 133 Å². The second-order valence-electron chi connectivity index (χ2n) is 5.51. The quantitative estimate of drug-likeness (QED) is 0.640. The number of isocyanates is 1. The third-order valence-corrected chi connectivity index (χ3v) is 3.53. The molecule has 2 aromatic rings. The predicted octanol–water partition coefficient (Wildman–Crippen LogP) is 2.43. The summed E-state index contributed by atoms with van der Waals surface area (Å²) in [5.41, 5.74) is 0.646. The average molecular weight is 309 g/mol. The van der Waals surface area contributed by atoms with Crippen molar-refractivity contribution in [2.24, 2.45) is 10.1 Å². The summed E-state index contributed by atoms with van der Waals surface area (Å²) in [5.74, 6) is 1.50. The van der Waals surface area contributed by atoms with Gasteiger partial charge in [0.1, 0.15) is 11.5 Å². The van der Waals surface area contributed by atoms with Gasteiger partial charge in [0.25, 0.3) is 0 Å². The minimum absolute atomic E-state index is 0.241. The van der Waals surface area contributed by atoms with Crippen molar-refractivity contribution in [2.45, 2.75) is 12.3 Å². The van der Waals surface area contributed by atoms with E-state index in [1.54, 1.807) is 24.4 Å². The SMILES string of the molecule is CN1CC(C)(c2cc(Oc3ccc(N=C=O)nc3)ccn2)C=N1. The van der Waals surface area contributed by atoms with Crippen LogP contribution in [0.3, 0.4) is 0 Å². The molecule has 1 atom stereocenters. The molecule has 0 aromatic carbocycles. The summed E-state index contributed by atoms with van der Waals surface area (Å²) in [5, 5.41) is 6.16. The number of nitrogens with zero attached hydrogens (tertiary/aromatic N) is 5. The van der Waals surface area contributed by atoms with Crippen molar-refractivity contribution in [1.29, 1.82) is 0 Å². The lowest BCUT2D eigenvalue weighted by molar-refractivity contribution is 0.345. The summed E-state index contributed by atoms with van der Waals surface area (Å²) in [6, 6.07) is 6.95. The lowest BCUT2D eigenvalue weighted by Crippen LogP contribution is -2.30. The maximum absolute atomic E-state index is 10.2. The van der Waals surface area contributed by atoms with Crippen molar-refractivity contribution >= 4 is 18.1 Å². The van der Waals surface area contributed by atoms with Crippen LogP contribution in [0.5, 0.6) is 11.5 Å².